The molecule has 134 valence electrons. The van der Waals surface area contributed by atoms with Crippen molar-refractivity contribution in [2.75, 3.05) is 0 Å². The van der Waals surface area contributed by atoms with E-state index in [4.69, 9.17) is 12.2 Å². The Morgan fingerprint density at radius 3 is 2.63 bits per heavy atom. The lowest BCUT2D eigenvalue weighted by molar-refractivity contribution is 0.0940. The average molecular weight is 375 g/mol. The Balaban J connectivity index is 1.66. The number of rotatable bonds is 3. The van der Waals surface area contributed by atoms with Gasteiger partial charge in [-0.05, 0) is 53.7 Å². The first kappa shape index (κ1) is 17.2. The van der Waals surface area contributed by atoms with Crippen molar-refractivity contribution in [3.05, 3.63) is 86.9 Å². The van der Waals surface area contributed by atoms with Gasteiger partial charge in [-0.25, -0.2) is 0 Å². The van der Waals surface area contributed by atoms with Gasteiger partial charge in [0, 0.05) is 5.56 Å². The van der Waals surface area contributed by atoms with Gasteiger partial charge in [-0.1, -0.05) is 42.5 Å². The van der Waals surface area contributed by atoms with Gasteiger partial charge in [-0.2, -0.15) is 0 Å². The van der Waals surface area contributed by atoms with Gasteiger partial charge in [0.1, 0.15) is 0 Å². The van der Waals surface area contributed by atoms with Gasteiger partial charge >= 0.3 is 0 Å². The minimum Gasteiger partial charge on any atom is -0.345 e. The highest BCUT2D eigenvalue weighted by Gasteiger charge is 2.14. The van der Waals surface area contributed by atoms with Crippen LogP contribution in [0.3, 0.4) is 0 Å². The predicted octanol–water partition coefficient (Wildman–Crippen LogP) is 4.23. The molecule has 6 heteroatoms. The maximum atomic E-state index is 12.7. The van der Waals surface area contributed by atoms with Gasteiger partial charge in [0.25, 0.3) is 11.5 Å². The highest BCUT2D eigenvalue weighted by molar-refractivity contribution is 7.71. The Hall–Kier alpha value is -3.25. The maximum absolute atomic E-state index is 12.7. The molecular formula is C21H17N3O2S. The molecule has 0 bridgehead atoms. The van der Waals surface area contributed by atoms with Gasteiger partial charge in [0.05, 0.1) is 16.9 Å². The Morgan fingerprint density at radius 1 is 1.00 bits per heavy atom. The largest absolute Gasteiger partial charge is 0.345 e. The molecule has 0 radical (unpaired) electrons. The highest BCUT2D eigenvalue weighted by atomic mass is 32.1. The number of hydrogen-bond acceptors (Lipinski definition) is 3. The van der Waals surface area contributed by atoms with Crippen LogP contribution in [0.1, 0.15) is 28.9 Å². The van der Waals surface area contributed by atoms with E-state index in [0.717, 1.165) is 16.3 Å². The maximum Gasteiger partial charge on any atom is 0.259 e. The molecule has 0 aliphatic rings. The Kier molecular flexibility index (Phi) is 4.33. The number of hydrogen-bond donors (Lipinski definition) is 3. The summed E-state index contributed by atoms with van der Waals surface area (Å²) in [6, 6.07) is 18.9. The van der Waals surface area contributed by atoms with E-state index in [1.807, 2.05) is 31.2 Å². The van der Waals surface area contributed by atoms with E-state index in [1.165, 1.54) is 0 Å². The third-order valence-corrected chi connectivity index (χ3v) is 4.84. The zero-order chi connectivity index (χ0) is 19.0. The van der Waals surface area contributed by atoms with Gasteiger partial charge in [0.15, 0.2) is 4.77 Å². The molecule has 27 heavy (non-hydrogen) atoms. The molecule has 0 spiro atoms. The summed E-state index contributed by atoms with van der Waals surface area (Å²) in [6.07, 6.45) is 0. The van der Waals surface area contributed by atoms with Crippen LogP contribution < -0.4 is 10.9 Å². The molecule has 3 aromatic carbocycles. The van der Waals surface area contributed by atoms with E-state index in [0.29, 0.717) is 16.5 Å². The van der Waals surface area contributed by atoms with Crippen LogP contribution in [0.15, 0.2) is 65.5 Å². The number of benzene rings is 3. The van der Waals surface area contributed by atoms with Crippen molar-refractivity contribution in [1.29, 1.82) is 0 Å². The first-order valence-corrected chi connectivity index (χ1v) is 8.98. The molecular weight excluding hydrogens is 358 g/mol. The molecule has 3 N–H and O–H groups in total. The van der Waals surface area contributed by atoms with E-state index in [-0.39, 0.29) is 22.3 Å². The Bertz CT molecular complexity index is 1280. The topological polar surface area (TPSA) is 77.8 Å². The number of fused-ring (bicyclic) bond motifs is 2. The minimum absolute atomic E-state index is 0.169. The quantitative estimate of drug-likeness (QED) is 0.469. The Labute approximate surface area is 160 Å². The van der Waals surface area contributed by atoms with Crippen LogP contribution in [0.5, 0.6) is 0 Å². The second-order valence-corrected chi connectivity index (χ2v) is 6.84. The molecule has 0 fully saturated rings. The third kappa shape index (κ3) is 3.27. The van der Waals surface area contributed by atoms with E-state index >= 15 is 0 Å². The molecule has 1 amide bonds. The summed E-state index contributed by atoms with van der Waals surface area (Å²) >= 11 is 5.00. The zero-order valence-electron chi connectivity index (χ0n) is 14.6. The molecule has 5 nitrogen and oxygen atoms in total. The molecule has 0 saturated heterocycles. The lowest BCUT2D eigenvalue weighted by Gasteiger charge is -2.17. The van der Waals surface area contributed by atoms with Crippen molar-refractivity contribution in [3.63, 3.8) is 0 Å². The molecule has 1 unspecified atom stereocenters. The summed E-state index contributed by atoms with van der Waals surface area (Å²) in [7, 11) is 0. The zero-order valence-corrected chi connectivity index (χ0v) is 15.4. The summed E-state index contributed by atoms with van der Waals surface area (Å²) < 4.78 is 0.231. The smallest absolute Gasteiger partial charge is 0.259 e. The number of H-pyrrole nitrogens is 2. The monoisotopic (exact) mass is 375 g/mol. The number of aromatic nitrogens is 2. The fourth-order valence-electron chi connectivity index (χ4n) is 3.30. The normalized spacial score (nSPS) is 12.2. The predicted molar refractivity (Wildman–Crippen MR) is 110 cm³/mol. The van der Waals surface area contributed by atoms with Crippen LogP contribution in [0.25, 0.3) is 21.7 Å². The second kappa shape index (κ2) is 6.81. The summed E-state index contributed by atoms with van der Waals surface area (Å²) in [5.41, 5.74) is 1.78. The Morgan fingerprint density at radius 2 is 1.78 bits per heavy atom. The van der Waals surface area contributed by atoms with Gasteiger partial charge in [0.2, 0.25) is 0 Å². The summed E-state index contributed by atoms with van der Waals surface area (Å²) in [6.45, 7) is 1.96. The van der Waals surface area contributed by atoms with Crippen molar-refractivity contribution < 1.29 is 4.79 Å². The molecule has 0 aliphatic carbocycles. The number of amides is 1. The van der Waals surface area contributed by atoms with Crippen molar-refractivity contribution in [1.82, 2.24) is 15.3 Å². The highest BCUT2D eigenvalue weighted by Crippen LogP contribution is 2.24. The van der Waals surface area contributed by atoms with Crippen molar-refractivity contribution >= 4 is 39.8 Å². The molecule has 0 aliphatic heterocycles. The van der Waals surface area contributed by atoms with Crippen LogP contribution in [-0.2, 0) is 0 Å². The summed E-state index contributed by atoms with van der Waals surface area (Å²) in [5, 5.41) is 5.74. The lowest BCUT2D eigenvalue weighted by Crippen LogP contribution is -2.26. The standard InChI is InChI=1S/C21H17N3O2S/c1-12(15-8-4-6-13-5-2-3-7-16(13)15)22-19(25)14-9-10-17-18(11-14)23-21(27)24-20(17)26/h2-12H,1H3,(H,22,25)(H2,23,24,26,27). The first-order valence-electron chi connectivity index (χ1n) is 8.58. The molecule has 1 atom stereocenters. The van der Waals surface area contributed by atoms with Crippen LogP contribution >= 0.6 is 12.2 Å². The van der Waals surface area contributed by atoms with Crippen LogP contribution in [0.4, 0.5) is 0 Å². The van der Waals surface area contributed by atoms with Crippen LogP contribution in [0.2, 0.25) is 0 Å². The van der Waals surface area contributed by atoms with E-state index in [9.17, 15) is 9.59 Å². The van der Waals surface area contributed by atoms with Crippen LogP contribution in [0, 0.1) is 4.77 Å². The lowest BCUT2D eigenvalue weighted by atomic mass is 9.99. The van der Waals surface area contributed by atoms with Crippen molar-refractivity contribution in [2.24, 2.45) is 0 Å². The fourth-order valence-corrected chi connectivity index (χ4v) is 3.50. The van der Waals surface area contributed by atoms with Crippen molar-refractivity contribution in [3.8, 4) is 0 Å². The van der Waals surface area contributed by atoms with Crippen LogP contribution in [-0.4, -0.2) is 15.9 Å². The number of carbonyl (C=O) groups is 1. The second-order valence-electron chi connectivity index (χ2n) is 6.43. The van der Waals surface area contributed by atoms with E-state index in [2.05, 4.69) is 33.5 Å². The minimum atomic E-state index is -0.273. The molecule has 4 rings (SSSR count). The molecule has 4 aromatic rings. The fraction of sp³-hybridized carbons (Fsp3) is 0.0952. The van der Waals surface area contributed by atoms with E-state index < -0.39 is 0 Å². The van der Waals surface area contributed by atoms with Crippen molar-refractivity contribution in [2.45, 2.75) is 13.0 Å². The van der Waals surface area contributed by atoms with Gasteiger partial charge in [-0.3, -0.25) is 14.6 Å². The molecule has 1 aromatic heterocycles. The first-order chi connectivity index (χ1) is 13.0. The van der Waals surface area contributed by atoms with Gasteiger partial charge in [-0.15, -0.1) is 0 Å². The summed E-state index contributed by atoms with van der Waals surface area (Å²) in [5.74, 6) is -0.211. The van der Waals surface area contributed by atoms with Gasteiger partial charge < -0.3 is 10.3 Å². The summed E-state index contributed by atoms with van der Waals surface area (Å²) in [4.78, 5) is 30.1. The molecule has 1 heterocycles. The SMILES string of the molecule is CC(NC(=O)c1ccc2c(=O)[nH]c(=S)[nH]c2c1)c1cccc2ccccc12. The number of carbonyl (C=O) groups excluding carboxylic acids is 1. The molecule has 0 saturated carbocycles. The van der Waals surface area contributed by atoms with E-state index in [1.54, 1.807) is 18.2 Å². The third-order valence-electron chi connectivity index (χ3n) is 4.64. The number of nitrogens with one attached hydrogen (secondary N) is 3. The number of aromatic amines is 2. The average Bonchev–Trinajstić information content (AvgIpc) is 2.66.